The largest absolute Gasteiger partial charge is 0.339 e. The first kappa shape index (κ1) is 14.2. The van der Waals surface area contributed by atoms with Gasteiger partial charge in [-0.1, -0.05) is 0 Å². The Labute approximate surface area is 132 Å². The lowest BCUT2D eigenvalue weighted by Gasteiger charge is -2.36. The molecule has 1 aliphatic carbocycles. The first-order valence-corrected chi connectivity index (χ1v) is 8.68. The normalized spacial score (nSPS) is 28.9. The standard InChI is InChI=1S/C17H26N4O/c1-13-6-18-21(7-13)12-17(22)20-10-15-4-5-16(11-20)19(9-15)8-14-2-3-14/h6-7,14-16H,2-5,8-12H2,1H3/t15-,16-/m1/s1. The molecule has 5 heteroatoms. The van der Waals surface area contributed by atoms with E-state index in [1.165, 1.54) is 38.8 Å². The van der Waals surface area contributed by atoms with Crippen molar-refractivity contribution in [3.8, 4) is 0 Å². The third kappa shape index (κ3) is 3.05. The molecule has 0 radical (unpaired) electrons. The third-order valence-corrected chi connectivity index (χ3v) is 5.43. The molecule has 0 N–H and O–H groups in total. The SMILES string of the molecule is Cc1cnn(CC(=O)N2C[C@@H]3CC[C@H](C2)N(CC2CC2)C3)c1. The van der Waals surface area contributed by atoms with Crippen LogP contribution in [0.4, 0.5) is 0 Å². The van der Waals surface area contributed by atoms with E-state index >= 15 is 0 Å². The van der Waals surface area contributed by atoms with Crippen LogP contribution >= 0.6 is 0 Å². The molecule has 120 valence electrons. The molecule has 4 heterocycles. The van der Waals surface area contributed by atoms with Gasteiger partial charge in [-0.15, -0.1) is 0 Å². The highest BCUT2D eigenvalue weighted by Crippen LogP contribution is 2.34. The average Bonchev–Trinajstić information content (AvgIpc) is 3.27. The Morgan fingerprint density at radius 2 is 2.09 bits per heavy atom. The number of hydrogen-bond donors (Lipinski definition) is 0. The van der Waals surface area contributed by atoms with Crippen molar-refractivity contribution in [3.05, 3.63) is 18.0 Å². The van der Waals surface area contributed by atoms with Crippen molar-refractivity contribution < 1.29 is 4.79 Å². The molecule has 4 aliphatic rings. The molecule has 3 aliphatic heterocycles. The number of carbonyl (C=O) groups excluding carboxylic acids is 1. The van der Waals surface area contributed by atoms with Gasteiger partial charge in [-0.3, -0.25) is 14.4 Å². The summed E-state index contributed by atoms with van der Waals surface area (Å²) in [5, 5.41) is 4.25. The minimum absolute atomic E-state index is 0.230. The van der Waals surface area contributed by atoms with Crippen molar-refractivity contribution in [2.75, 3.05) is 26.2 Å². The summed E-state index contributed by atoms with van der Waals surface area (Å²) in [4.78, 5) is 17.4. The molecule has 1 aromatic heterocycles. The van der Waals surface area contributed by atoms with E-state index in [1.807, 2.05) is 19.3 Å². The first-order valence-electron chi connectivity index (χ1n) is 8.68. The van der Waals surface area contributed by atoms with Crippen molar-refractivity contribution in [2.24, 2.45) is 11.8 Å². The van der Waals surface area contributed by atoms with Crippen molar-refractivity contribution in [2.45, 2.75) is 45.2 Å². The molecule has 1 saturated carbocycles. The lowest BCUT2D eigenvalue weighted by Crippen LogP contribution is -2.45. The summed E-state index contributed by atoms with van der Waals surface area (Å²) >= 11 is 0. The first-order chi connectivity index (χ1) is 10.7. The van der Waals surface area contributed by atoms with Gasteiger partial charge in [-0.2, -0.15) is 5.10 Å². The monoisotopic (exact) mass is 302 g/mol. The summed E-state index contributed by atoms with van der Waals surface area (Å²) in [5.41, 5.74) is 1.11. The lowest BCUT2D eigenvalue weighted by molar-refractivity contribution is -0.132. The summed E-state index contributed by atoms with van der Waals surface area (Å²) in [5.74, 6) is 1.84. The molecular weight excluding hydrogens is 276 g/mol. The van der Waals surface area contributed by atoms with Gasteiger partial charge in [0.1, 0.15) is 6.54 Å². The molecule has 5 rings (SSSR count). The fraction of sp³-hybridized carbons (Fsp3) is 0.765. The number of aromatic nitrogens is 2. The van der Waals surface area contributed by atoms with E-state index in [2.05, 4.69) is 14.9 Å². The zero-order valence-electron chi connectivity index (χ0n) is 13.4. The zero-order chi connectivity index (χ0) is 15.1. The summed E-state index contributed by atoms with van der Waals surface area (Å²) in [6, 6.07) is 0.586. The van der Waals surface area contributed by atoms with Crippen molar-refractivity contribution in [3.63, 3.8) is 0 Å². The molecule has 2 bridgehead atoms. The summed E-state index contributed by atoms with van der Waals surface area (Å²) in [7, 11) is 0. The highest BCUT2D eigenvalue weighted by molar-refractivity contribution is 5.76. The molecule has 1 aromatic rings. The predicted molar refractivity (Wildman–Crippen MR) is 84.4 cm³/mol. The Morgan fingerprint density at radius 1 is 1.23 bits per heavy atom. The Kier molecular flexibility index (Phi) is 3.68. The van der Waals surface area contributed by atoms with Crippen LogP contribution in [0.15, 0.2) is 12.4 Å². The number of carbonyl (C=O) groups is 1. The topological polar surface area (TPSA) is 41.4 Å². The van der Waals surface area contributed by atoms with Gasteiger partial charge in [0.25, 0.3) is 0 Å². The Bertz CT molecular complexity index is 551. The molecule has 1 amide bonds. The smallest absolute Gasteiger partial charge is 0.244 e. The van der Waals surface area contributed by atoms with E-state index in [0.717, 1.165) is 24.6 Å². The van der Waals surface area contributed by atoms with Crippen molar-refractivity contribution >= 4 is 5.91 Å². The minimum Gasteiger partial charge on any atom is -0.339 e. The van der Waals surface area contributed by atoms with E-state index in [4.69, 9.17) is 0 Å². The fourth-order valence-electron chi connectivity index (χ4n) is 4.03. The van der Waals surface area contributed by atoms with Crippen LogP contribution in [0.2, 0.25) is 0 Å². The highest BCUT2D eigenvalue weighted by atomic mass is 16.2. The van der Waals surface area contributed by atoms with Gasteiger partial charge in [0.15, 0.2) is 0 Å². The average molecular weight is 302 g/mol. The van der Waals surface area contributed by atoms with Gasteiger partial charge >= 0.3 is 0 Å². The van der Waals surface area contributed by atoms with E-state index < -0.39 is 0 Å². The predicted octanol–water partition coefficient (Wildman–Crippen LogP) is 1.52. The maximum atomic E-state index is 12.6. The van der Waals surface area contributed by atoms with E-state index in [1.54, 1.807) is 4.68 Å². The van der Waals surface area contributed by atoms with Gasteiger partial charge in [0.2, 0.25) is 5.91 Å². The number of aryl methyl sites for hydroxylation is 1. The van der Waals surface area contributed by atoms with Crippen molar-refractivity contribution in [1.29, 1.82) is 0 Å². The van der Waals surface area contributed by atoms with Crippen LogP contribution in [0.1, 0.15) is 31.2 Å². The summed E-state index contributed by atoms with van der Waals surface area (Å²) < 4.78 is 1.77. The van der Waals surface area contributed by atoms with E-state index in [0.29, 0.717) is 18.5 Å². The number of amides is 1. The maximum absolute atomic E-state index is 12.6. The molecule has 0 spiro atoms. The Morgan fingerprint density at radius 3 is 2.82 bits per heavy atom. The quantitative estimate of drug-likeness (QED) is 0.847. The number of piperidine rings is 1. The second-order valence-corrected chi connectivity index (χ2v) is 7.51. The van der Waals surface area contributed by atoms with Crippen LogP contribution in [-0.4, -0.2) is 57.7 Å². The fourth-order valence-corrected chi connectivity index (χ4v) is 4.03. The van der Waals surface area contributed by atoms with Crippen LogP contribution < -0.4 is 0 Å². The second kappa shape index (κ2) is 5.69. The Balaban J connectivity index is 1.41. The van der Waals surface area contributed by atoms with Gasteiger partial charge < -0.3 is 4.90 Å². The summed E-state index contributed by atoms with van der Waals surface area (Å²) in [6.45, 7) is 6.72. The number of nitrogens with zero attached hydrogens (tertiary/aromatic N) is 4. The van der Waals surface area contributed by atoms with Crippen LogP contribution in [-0.2, 0) is 11.3 Å². The lowest BCUT2D eigenvalue weighted by atomic mass is 9.95. The van der Waals surface area contributed by atoms with Gasteiger partial charge in [0.05, 0.1) is 6.20 Å². The van der Waals surface area contributed by atoms with Crippen LogP contribution in [0.5, 0.6) is 0 Å². The van der Waals surface area contributed by atoms with Crippen LogP contribution in [0, 0.1) is 18.8 Å². The van der Waals surface area contributed by atoms with Gasteiger partial charge in [0, 0.05) is 38.4 Å². The molecule has 5 nitrogen and oxygen atoms in total. The molecule has 22 heavy (non-hydrogen) atoms. The molecule has 0 unspecified atom stereocenters. The number of hydrogen-bond acceptors (Lipinski definition) is 3. The van der Waals surface area contributed by atoms with Crippen LogP contribution in [0.3, 0.4) is 0 Å². The van der Waals surface area contributed by atoms with Crippen LogP contribution in [0.25, 0.3) is 0 Å². The van der Waals surface area contributed by atoms with E-state index in [-0.39, 0.29) is 5.91 Å². The molecule has 0 aromatic carbocycles. The molecular formula is C17H26N4O. The van der Waals surface area contributed by atoms with Gasteiger partial charge in [-0.05, 0) is 50.0 Å². The minimum atomic E-state index is 0.230. The second-order valence-electron chi connectivity index (χ2n) is 7.51. The Hall–Kier alpha value is -1.36. The molecule has 3 saturated heterocycles. The summed E-state index contributed by atoms with van der Waals surface area (Å²) in [6.07, 6.45) is 9.14. The van der Waals surface area contributed by atoms with Gasteiger partial charge in [-0.25, -0.2) is 0 Å². The third-order valence-electron chi connectivity index (χ3n) is 5.43. The maximum Gasteiger partial charge on any atom is 0.244 e. The zero-order valence-corrected chi connectivity index (χ0v) is 13.4. The van der Waals surface area contributed by atoms with E-state index in [9.17, 15) is 4.79 Å². The highest BCUT2D eigenvalue weighted by Gasteiger charge is 2.38. The number of rotatable bonds is 4. The number of fused-ring (bicyclic) bond motifs is 4. The molecule has 2 atom stereocenters. The molecule has 4 fully saturated rings. The van der Waals surface area contributed by atoms with Crippen molar-refractivity contribution in [1.82, 2.24) is 19.6 Å².